The summed E-state index contributed by atoms with van der Waals surface area (Å²) in [5.41, 5.74) is 3.13. The molecule has 0 radical (unpaired) electrons. The minimum Gasteiger partial charge on any atom is -0.463 e. The Balaban J connectivity index is 0.838. The lowest BCUT2D eigenvalue weighted by Crippen LogP contribution is -2.58. The molecule has 15 nitrogen and oxygen atoms in total. The fraction of sp³-hybridized carbons (Fsp3) is 0.458. The van der Waals surface area contributed by atoms with Gasteiger partial charge in [0, 0.05) is 22.3 Å². The first kappa shape index (κ1) is 47.3. The molecular weight excluding hydrogens is 873 g/mol. The van der Waals surface area contributed by atoms with Crippen LogP contribution in [0.4, 0.5) is 0 Å². The highest BCUT2D eigenvalue weighted by Crippen LogP contribution is 2.41. The van der Waals surface area contributed by atoms with Crippen LogP contribution < -0.4 is 0 Å². The number of hydrogen-bond donors (Lipinski definition) is 2. The van der Waals surface area contributed by atoms with E-state index >= 15 is 0 Å². The first-order chi connectivity index (χ1) is 31.3. The normalized spacial score (nSPS) is 29.1. The lowest BCUT2D eigenvalue weighted by molar-refractivity contribution is -0.373. The third-order valence-corrected chi connectivity index (χ3v) is 18.2. The summed E-state index contributed by atoms with van der Waals surface area (Å²) in [7, 11) is -5.56. The number of aliphatic hydroxyl groups is 2. The predicted octanol–water partition coefficient (Wildman–Crippen LogP) is 6.42. The van der Waals surface area contributed by atoms with Gasteiger partial charge in [-0.15, -0.1) is 0 Å². The largest absolute Gasteiger partial charge is 0.463 e. The summed E-state index contributed by atoms with van der Waals surface area (Å²) < 4.78 is 67.8. The van der Waals surface area contributed by atoms with Crippen molar-refractivity contribution >= 4 is 28.6 Å². The summed E-state index contributed by atoms with van der Waals surface area (Å²) >= 11 is 0. The standard InChI is InChI=1S/C48H58O15Si2/c1-64(2,29-39(51)53-25-35(49)41-43-37(57-47(59-41)33-21-13-7-14-22-33)27-55-45(61-43)31-17-9-5-10-18-31)63-65(3,4)30-40(52)54-26-36(50)42-44-38(58-48(60-42)34-23-15-8-16-24-34)28-56-46(62-44)32-19-11-6-12-20-32/h5-24,35-38,41-50H,25-30H2,1-4H3. The van der Waals surface area contributed by atoms with E-state index in [2.05, 4.69) is 0 Å². The topological polar surface area (TPSA) is 176 Å². The molecule has 4 aliphatic heterocycles. The lowest BCUT2D eigenvalue weighted by Gasteiger charge is -2.47. The number of ether oxygens (including phenoxy) is 10. The van der Waals surface area contributed by atoms with Gasteiger partial charge in [-0.05, 0) is 26.2 Å². The van der Waals surface area contributed by atoms with Crippen LogP contribution in [0.3, 0.4) is 0 Å². The molecule has 4 heterocycles. The smallest absolute Gasteiger partial charge is 0.305 e. The van der Waals surface area contributed by atoms with Crippen molar-refractivity contribution in [3.05, 3.63) is 144 Å². The minimum absolute atomic E-state index is 0.0302. The Morgan fingerprint density at radius 3 is 1.17 bits per heavy atom. The average Bonchev–Trinajstić information content (AvgIpc) is 3.31. The van der Waals surface area contributed by atoms with Crippen LogP contribution in [-0.2, 0) is 61.1 Å². The second kappa shape index (κ2) is 21.2. The summed E-state index contributed by atoms with van der Waals surface area (Å²) in [6.45, 7) is 7.20. The number of carbonyl (C=O) groups excluding carboxylic acids is 2. The average molecular weight is 931 g/mol. The third-order valence-electron chi connectivity index (χ3n) is 11.5. The van der Waals surface area contributed by atoms with Gasteiger partial charge in [0.1, 0.15) is 62.0 Å². The number of esters is 2. The van der Waals surface area contributed by atoms with E-state index in [0.717, 1.165) is 22.3 Å². The molecule has 0 amide bonds. The Labute approximate surface area is 381 Å². The Bertz CT molecular complexity index is 1980. The zero-order chi connectivity index (χ0) is 45.6. The molecule has 4 aliphatic rings. The van der Waals surface area contributed by atoms with Gasteiger partial charge in [0.05, 0.1) is 25.3 Å². The Morgan fingerprint density at radius 2 is 0.831 bits per heavy atom. The molecule has 348 valence electrons. The molecule has 4 aromatic rings. The number of aliphatic hydroxyl groups excluding tert-OH is 2. The molecule has 0 spiro atoms. The number of rotatable bonds is 16. The van der Waals surface area contributed by atoms with Crippen molar-refractivity contribution in [2.75, 3.05) is 26.4 Å². The van der Waals surface area contributed by atoms with Gasteiger partial charge in [0.15, 0.2) is 41.8 Å². The maximum Gasteiger partial charge on any atom is 0.305 e. The Kier molecular flexibility index (Phi) is 15.4. The van der Waals surface area contributed by atoms with Crippen LogP contribution in [0.1, 0.15) is 47.4 Å². The van der Waals surface area contributed by atoms with Gasteiger partial charge in [-0.25, -0.2) is 0 Å². The molecule has 12 atom stereocenters. The van der Waals surface area contributed by atoms with E-state index in [-0.39, 0.29) is 38.5 Å². The molecule has 0 aromatic heterocycles. The highest BCUT2D eigenvalue weighted by molar-refractivity contribution is 6.87. The van der Waals surface area contributed by atoms with Gasteiger partial charge in [0.2, 0.25) is 0 Å². The Morgan fingerprint density at radius 1 is 0.508 bits per heavy atom. The molecular formula is C48H58O15Si2. The molecule has 8 rings (SSSR count). The molecule has 4 saturated heterocycles. The predicted molar refractivity (Wildman–Crippen MR) is 237 cm³/mol. The maximum atomic E-state index is 13.4. The zero-order valence-corrected chi connectivity index (χ0v) is 38.9. The third kappa shape index (κ3) is 12.2. The first-order valence-corrected chi connectivity index (χ1v) is 28.3. The maximum absolute atomic E-state index is 13.4. The SMILES string of the molecule is C[Si](C)(CC(=O)OCC(O)C1OC(c2ccccc2)OC2COC(c3ccccc3)OC21)O[Si](C)(C)CC(=O)OCC(O)C1OC(c2ccccc2)OC2COC(c3ccccc3)OC21. The molecule has 12 unspecified atom stereocenters. The van der Waals surface area contributed by atoms with Crippen molar-refractivity contribution in [1.29, 1.82) is 0 Å². The van der Waals surface area contributed by atoms with Crippen LogP contribution in [0.15, 0.2) is 121 Å². The van der Waals surface area contributed by atoms with Gasteiger partial charge in [-0.3, -0.25) is 9.59 Å². The molecule has 0 aliphatic carbocycles. The monoisotopic (exact) mass is 930 g/mol. The fourth-order valence-electron chi connectivity index (χ4n) is 8.61. The van der Waals surface area contributed by atoms with Crippen LogP contribution in [0.25, 0.3) is 0 Å². The van der Waals surface area contributed by atoms with Gasteiger partial charge >= 0.3 is 11.9 Å². The highest BCUT2D eigenvalue weighted by atomic mass is 28.4. The van der Waals surface area contributed by atoms with Crippen LogP contribution in [0.5, 0.6) is 0 Å². The number of hydrogen-bond acceptors (Lipinski definition) is 15. The summed E-state index contributed by atoms with van der Waals surface area (Å²) in [6.07, 6.45) is -9.95. The molecule has 0 bridgehead atoms. The molecule has 17 heteroatoms. The van der Waals surface area contributed by atoms with E-state index in [1.807, 2.05) is 148 Å². The number of fused-ring (bicyclic) bond motifs is 2. The van der Waals surface area contributed by atoms with Crippen molar-refractivity contribution in [2.45, 2.75) is 112 Å². The minimum atomic E-state index is -2.78. The quantitative estimate of drug-likeness (QED) is 0.0930. The van der Waals surface area contributed by atoms with E-state index in [0.29, 0.717) is 0 Å². The van der Waals surface area contributed by atoms with Gasteiger partial charge in [0.25, 0.3) is 0 Å². The van der Waals surface area contributed by atoms with E-state index in [4.69, 9.17) is 51.5 Å². The van der Waals surface area contributed by atoms with Crippen molar-refractivity contribution < 1.29 is 71.3 Å². The van der Waals surface area contributed by atoms with Crippen molar-refractivity contribution in [1.82, 2.24) is 0 Å². The van der Waals surface area contributed by atoms with Crippen molar-refractivity contribution in [3.63, 3.8) is 0 Å². The van der Waals surface area contributed by atoms with Crippen LogP contribution in [0, 0.1) is 0 Å². The molecule has 4 aromatic carbocycles. The summed E-state index contributed by atoms with van der Waals surface area (Å²) in [6, 6.07) is 37.6. The van der Waals surface area contributed by atoms with Crippen LogP contribution >= 0.6 is 0 Å². The van der Waals surface area contributed by atoms with Crippen molar-refractivity contribution in [2.24, 2.45) is 0 Å². The first-order valence-electron chi connectivity index (χ1n) is 22.0. The molecule has 0 saturated carbocycles. The second-order valence-electron chi connectivity index (χ2n) is 17.9. The number of carbonyl (C=O) groups is 2. The molecule has 4 fully saturated rings. The van der Waals surface area contributed by atoms with E-state index < -0.39 is 103 Å². The molecule has 65 heavy (non-hydrogen) atoms. The second-order valence-corrected chi connectivity index (χ2v) is 26.4. The van der Waals surface area contributed by atoms with Gasteiger partial charge < -0.3 is 61.7 Å². The Hall–Kier alpha value is -4.19. The van der Waals surface area contributed by atoms with Gasteiger partial charge in [-0.2, -0.15) is 0 Å². The van der Waals surface area contributed by atoms with E-state index in [9.17, 15) is 19.8 Å². The highest BCUT2D eigenvalue weighted by Gasteiger charge is 2.50. The van der Waals surface area contributed by atoms with E-state index in [1.165, 1.54) is 0 Å². The van der Waals surface area contributed by atoms with E-state index in [1.54, 1.807) is 0 Å². The lowest BCUT2D eigenvalue weighted by atomic mass is 9.99. The number of benzene rings is 4. The summed E-state index contributed by atoms with van der Waals surface area (Å²) in [5, 5.41) is 23.1. The zero-order valence-electron chi connectivity index (χ0n) is 36.9. The fourth-order valence-corrected chi connectivity index (χ4v) is 16.8. The summed E-state index contributed by atoms with van der Waals surface area (Å²) in [4.78, 5) is 26.7. The van der Waals surface area contributed by atoms with Crippen LogP contribution in [-0.4, -0.2) is 114 Å². The van der Waals surface area contributed by atoms with Crippen LogP contribution in [0.2, 0.25) is 38.3 Å². The molecule has 2 N–H and O–H groups in total. The summed E-state index contributed by atoms with van der Waals surface area (Å²) in [5.74, 6) is -1.11. The van der Waals surface area contributed by atoms with Crippen molar-refractivity contribution in [3.8, 4) is 0 Å². The van der Waals surface area contributed by atoms with Gasteiger partial charge in [-0.1, -0.05) is 121 Å².